The molecule has 104 valence electrons. The number of carbonyl (C=O) groups is 3. The average molecular weight is 273 g/mol. The van der Waals surface area contributed by atoms with Crippen LogP contribution in [0.25, 0.3) is 0 Å². The van der Waals surface area contributed by atoms with Gasteiger partial charge in [-0.1, -0.05) is 18.2 Å². The highest BCUT2D eigenvalue weighted by Gasteiger charge is 2.39. The standard InChI is InChI=1S/C15H15NO4/c1-8(2)12(17)7-13(18)16-14(19)10-5-4-9(3)6-11(10)15(16)20/h4-6,13,18H,1,7H2,2-3H3. The number of hydrogen-bond acceptors (Lipinski definition) is 4. The summed E-state index contributed by atoms with van der Waals surface area (Å²) >= 11 is 0. The number of ketones is 1. The third-order valence-corrected chi connectivity index (χ3v) is 3.22. The molecule has 1 aromatic rings. The minimum Gasteiger partial charge on any atom is -0.373 e. The van der Waals surface area contributed by atoms with Crippen LogP contribution < -0.4 is 0 Å². The summed E-state index contributed by atoms with van der Waals surface area (Å²) in [7, 11) is 0. The predicted molar refractivity (Wildman–Crippen MR) is 72.1 cm³/mol. The summed E-state index contributed by atoms with van der Waals surface area (Å²) in [6.45, 7) is 6.80. The Balaban J connectivity index is 2.28. The van der Waals surface area contributed by atoms with Crippen molar-refractivity contribution in [2.75, 3.05) is 0 Å². The minimum absolute atomic E-state index is 0.252. The molecule has 0 saturated carbocycles. The van der Waals surface area contributed by atoms with Crippen molar-refractivity contribution in [1.29, 1.82) is 0 Å². The van der Waals surface area contributed by atoms with E-state index in [-0.39, 0.29) is 28.9 Å². The van der Waals surface area contributed by atoms with Crippen LogP contribution in [-0.4, -0.2) is 33.8 Å². The molecule has 0 saturated heterocycles. The largest absolute Gasteiger partial charge is 0.373 e. The number of hydrogen-bond donors (Lipinski definition) is 1. The van der Waals surface area contributed by atoms with Gasteiger partial charge in [0.25, 0.3) is 11.8 Å². The fraction of sp³-hybridized carbons (Fsp3) is 0.267. The van der Waals surface area contributed by atoms with Gasteiger partial charge in [0.1, 0.15) is 6.23 Å². The van der Waals surface area contributed by atoms with Crippen LogP contribution in [0.3, 0.4) is 0 Å². The summed E-state index contributed by atoms with van der Waals surface area (Å²) < 4.78 is 0. The third-order valence-electron chi connectivity index (χ3n) is 3.22. The molecule has 1 atom stereocenters. The number of imide groups is 1. The van der Waals surface area contributed by atoms with E-state index < -0.39 is 18.0 Å². The minimum atomic E-state index is -1.47. The molecule has 20 heavy (non-hydrogen) atoms. The molecule has 0 fully saturated rings. The number of benzene rings is 1. The maximum absolute atomic E-state index is 12.2. The van der Waals surface area contributed by atoms with Gasteiger partial charge in [-0.15, -0.1) is 0 Å². The highest BCUT2D eigenvalue weighted by molar-refractivity contribution is 6.21. The number of Topliss-reactive ketones (excluding diaryl/α,β-unsaturated/α-hetero) is 1. The predicted octanol–water partition coefficient (Wildman–Crippen LogP) is 1.44. The Kier molecular flexibility index (Phi) is 3.55. The molecule has 0 spiro atoms. The van der Waals surface area contributed by atoms with Crippen molar-refractivity contribution in [1.82, 2.24) is 4.90 Å². The first-order valence-corrected chi connectivity index (χ1v) is 6.18. The van der Waals surface area contributed by atoms with Crippen molar-refractivity contribution < 1.29 is 19.5 Å². The van der Waals surface area contributed by atoms with Crippen molar-refractivity contribution in [2.45, 2.75) is 26.5 Å². The third kappa shape index (κ3) is 2.28. The van der Waals surface area contributed by atoms with Crippen molar-refractivity contribution in [3.63, 3.8) is 0 Å². The molecule has 0 aliphatic carbocycles. The number of allylic oxidation sites excluding steroid dienone is 1. The number of nitrogens with zero attached hydrogens (tertiary/aromatic N) is 1. The number of aliphatic hydroxyl groups excluding tert-OH is 1. The monoisotopic (exact) mass is 273 g/mol. The number of carbonyl (C=O) groups excluding carboxylic acids is 3. The summed E-state index contributed by atoms with van der Waals surface area (Å²) in [5.74, 6) is -1.53. The Bertz CT molecular complexity index is 633. The fourth-order valence-electron chi connectivity index (χ4n) is 2.08. The Hall–Kier alpha value is -2.27. The average Bonchev–Trinajstić information content (AvgIpc) is 2.61. The van der Waals surface area contributed by atoms with Crippen LogP contribution in [0.15, 0.2) is 30.4 Å². The highest BCUT2D eigenvalue weighted by atomic mass is 16.3. The second-order valence-electron chi connectivity index (χ2n) is 4.92. The molecule has 1 aromatic carbocycles. The van der Waals surface area contributed by atoms with E-state index in [1.54, 1.807) is 18.2 Å². The molecular formula is C15H15NO4. The molecule has 1 aliphatic heterocycles. The normalized spacial score (nSPS) is 15.2. The van der Waals surface area contributed by atoms with E-state index in [0.29, 0.717) is 0 Å². The number of rotatable bonds is 4. The van der Waals surface area contributed by atoms with Crippen molar-refractivity contribution in [3.05, 3.63) is 47.0 Å². The molecule has 2 amide bonds. The SMILES string of the molecule is C=C(C)C(=O)CC(O)N1C(=O)c2ccc(C)cc2C1=O. The van der Waals surface area contributed by atoms with Crippen LogP contribution in [0.2, 0.25) is 0 Å². The van der Waals surface area contributed by atoms with Crippen LogP contribution in [0.1, 0.15) is 39.6 Å². The summed E-state index contributed by atoms with van der Waals surface area (Å²) in [5.41, 5.74) is 1.63. The lowest BCUT2D eigenvalue weighted by atomic mass is 10.1. The first-order chi connectivity index (χ1) is 9.32. The first kappa shape index (κ1) is 14.1. The van der Waals surface area contributed by atoms with Gasteiger partial charge in [-0.25, -0.2) is 4.90 Å². The quantitative estimate of drug-likeness (QED) is 0.665. The molecule has 5 nitrogen and oxygen atoms in total. The number of fused-ring (bicyclic) bond motifs is 1. The summed E-state index contributed by atoms with van der Waals surface area (Å²) in [4.78, 5) is 36.6. The van der Waals surface area contributed by atoms with E-state index in [0.717, 1.165) is 10.5 Å². The van der Waals surface area contributed by atoms with E-state index in [1.165, 1.54) is 6.92 Å². The Labute approximate surface area is 116 Å². The van der Waals surface area contributed by atoms with Crippen molar-refractivity contribution in [3.8, 4) is 0 Å². The van der Waals surface area contributed by atoms with Crippen molar-refractivity contribution in [2.24, 2.45) is 0 Å². The molecule has 1 heterocycles. The molecule has 0 radical (unpaired) electrons. The van der Waals surface area contributed by atoms with Crippen LogP contribution in [-0.2, 0) is 4.79 Å². The first-order valence-electron chi connectivity index (χ1n) is 6.18. The van der Waals surface area contributed by atoms with Gasteiger partial charge in [-0.05, 0) is 31.6 Å². The zero-order valence-corrected chi connectivity index (χ0v) is 11.3. The van der Waals surface area contributed by atoms with Gasteiger partial charge < -0.3 is 5.11 Å². The van der Waals surface area contributed by atoms with E-state index in [9.17, 15) is 19.5 Å². The number of aryl methyl sites for hydroxylation is 1. The lowest BCUT2D eigenvalue weighted by Gasteiger charge is -2.20. The lowest BCUT2D eigenvalue weighted by Crippen LogP contribution is -2.41. The van der Waals surface area contributed by atoms with Gasteiger partial charge in [0.2, 0.25) is 0 Å². The number of amides is 2. The Morgan fingerprint density at radius 2 is 1.90 bits per heavy atom. The molecule has 0 bridgehead atoms. The van der Waals surface area contributed by atoms with Crippen LogP contribution in [0.5, 0.6) is 0 Å². The van der Waals surface area contributed by atoms with E-state index in [1.807, 2.05) is 6.92 Å². The van der Waals surface area contributed by atoms with Gasteiger partial charge in [0.15, 0.2) is 5.78 Å². The molecule has 1 N–H and O–H groups in total. The molecule has 2 rings (SSSR count). The number of aliphatic hydroxyl groups is 1. The topological polar surface area (TPSA) is 74.7 Å². The second-order valence-corrected chi connectivity index (χ2v) is 4.92. The zero-order chi connectivity index (χ0) is 15.0. The maximum atomic E-state index is 12.2. The molecular weight excluding hydrogens is 258 g/mol. The molecule has 1 aliphatic rings. The highest BCUT2D eigenvalue weighted by Crippen LogP contribution is 2.26. The molecule has 0 aromatic heterocycles. The van der Waals surface area contributed by atoms with Crippen LogP contribution in [0.4, 0.5) is 0 Å². The molecule has 1 unspecified atom stereocenters. The Morgan fingerprint density at radius 1 is 1.30 bits per heavy atom. The zero-order valence-electron chi connectivity index (χ0n) is 11.3. The second kappa shape index (κ2) is 5.02. The molecule has 5 heteroatoms. The smallest absolute Gasteiger partial charge is 0.263 e. The van der Waals surface area contributed by atoms with E-state index >= 15 is 0 Å². The van der Waals surface area contributed by atoms with Crippen LogP contribution in [0, 0.1) is 6.92 Å². The maximum Gasteiger partial charge on any atom is 0.263 e. The van der Waals surface area contributed by atoms with Gasteiger partial charge in [0, 0.05) is 0 Å². The Morgan fingerprint density at radius 3 is 2.50 bits per heavy atom. The summed E-state index contributed by atoms with van der Waals surface area (Å²) in [6.07, 6.45) is -1.80. The summed E-state index contributed by atoms with van der Waals surface area (Å²) in [6, 6.07) is 4.87. The fourth-order valence-corrected chi connectivity index (χ4v) is 2.08. The van der Waals surface area contributed by atoms with E-state index in [2.05, 4.69) is 6.58 Å². The summed E-state index contributed by atoms with van der Waals surface area (Å²) in [5, 5.41) is 9.97. The van der Waals surface area contributed by atoms with Gasteiger partial charge >= 0.3 is 0 Å². The van der Waals surface area contributed by atoms with E-state index in [4.69, 9.17) is 0 Å². The van der Waals surface area contributed by atoms with Gasteiger partial charge in [-0.3, -0.25) is 14.4 Å². The van der Waals surface area contributed by atoms with Crippen molar-refractivity contribution >= 4 is 17.6 Å². The van der Waals surface area contributed by atoms with Gasteiger partial charge in [-0.2, -0.15) is 0 Å². The van der Waals surface area contributed by atoms with Gasteiger partial charge in [0.05, 0.1) is 17.5 Å². The lowest BCUT2D eigenvalue weighted by molar-refractivity contribution is -0.118. The van der Waals surface area contributed by atoms with Crippen LogP contribution >= 0.6 is 0 Å².